The van der Waals surface area contributed by atoms with Crippen molar-refractivity contribution in [3.8, 4) is 0 Å². The molecule has 0 aromatic heterocycles. The molecule has 0 saturated carbocycles. The van der Waals surface area contributed by atoms with Gasteiger partial charge in [-0.15, -0.1) is 0 Å². The molecule has 2 atom stereocenters. The molecule has 5 heteroatoms. The third-order valence-corrected chi connectivity index (χ3v) is 4.17. The smallest absolute Gasteiger partial charge is 0.234 e. The van der Waals surface area contributed by atoms with Crippen LogP contribution in [0.5, 0.6) is 0 Å². The van der Waals surface area contributed by atoms with Gasteiger partial charge in [0.1, 0.15) is 5.82 Å². The summed E-state index contributed by atoms with van der Waals surface area (Å²) in [4.78, 5) is 14.1. The van der Waals surface area contributed by atoms with Crippen molar-refractivity contribution in [2.75, 3.05) is 19.7 Å². The highest BCUT2D eigenvalue weighted by atomic mass is 19.1. The molecular weight excluding hydrogens is 271 g/mol. The van der Waals surface area contributed by atoms with Gasteiger partial charge in [0.2, 0.25) is 5.91 Å². The van der Waals surface area contributed by atoms with E-state index in [2.05, 4.69) is 12.2 Å². The third kappa shape index (κ3) is 4.51. The number of amides is 1. The van der Waals surface area contributed by atoms with E-state index in [0.29, 0.717) is 19.0 Å². The topological polar surface area (TPSA) is 52.6 Å². The molecule has 2 unspecified atom stereocenters. The molecule has 1 aliphatic rings. The maximum Gasteiger partial charge on any atom is 0.234 e. The summed E-state index contributed by atoms with van der Waals surface area (Å²) >= 11 is 0. The van der Waals surface area contributed by atoms with E-state index in [1.54, 1.807) is 12.1 Å². The van der Waals surface area contributed by atoms with Gasteiger partial charge in [0.05, 0.1) is 13.2 Å². The predicted molar refractivity (Wildman–Crippen MR) is 79.1 cm³/mol. The number of piperidine rings is 1. The van der Waals surface area contributed by atoms with E-state index in [0.717, 1.165) is 24.9 Å². The number of nitrogens with zero attached hydrogens (tertiary/aromatic N) is 1. The van der Waals surface area contributed by atoms with Crippen molar-refractivity contribution in [1.29, 1.82) is 0 Å². The molecule has 1 amide bonds. The molecule has 2 rings (SSSR count). The number of aliphatic hydroxyl groups is 1. The number of likely N-dealkylation sites (tertiary alicyclic amines) is 1. The molecule has 0 radical (unpaired) electrons. The van der Waals surface area contributed by atoms with Crippen molar-refractivity contribution in [3.63, 3.8) is 0 Å². The molecule has 0 aliphatic carbocycles. The Morgan fingerprint density at radius 3 is 2.81 bits per heavy atom. The molecule has 1 saturated heterocycles. The molecule has 0 bridgehead atoms. The summed E-state index contributed by atoms with van der Waals surface area (Å²) in [7, 11) is 0. The van der Waals surface area contributed by atoms with Crippen LogP contribution in [-0.2, 0) is 11.3 Å². The fourth-order valence-electron chi connectivity index (χ4n) is 2.87. The third-order valence-electron chi connectivity index (χ3n) is 4.17. The lowest BCUT2D eigenvalue weighted by molar-refractivity contribution is -0.124. The predicted octanol–water partition coefficient (Wildman–Crippen LogP) is 1.53. The van der Waals surface area contributed by atoms with Crippen LogP contribution in [-0.4, -0.2) is 41.7 Å². The fourth-order valence-corrected chi connectivity index (χ4v) is 2.87. The summed E-state index contributed by atoms with van der Waals surface area (Å²) in [6, 6.07) is 6.16. The quantitative estimate of drug-likeness (QED) is 0.866. The van der Waals surface area contributed by atoms with Gasteiger partial charge < -0.3 is 10.4 Å². The van der Waals surface area contributed by atoms with Crippen LogP contribution < -0.4 is 5.32 Å². The summed E-state index contributed by atoms with van der Waals surface area (Å²) in [5.74, 6) is 0.0682. The molecule has 1 heterocycles. The minimum Gasteiger partial charge on any atom is -0.395 e. The van der Waals surface area contributed by atoms with Crippen LogP contribution in [0.4, 0.5) is 4.39 Å². The van der Waals surface area contributed by atoms with Gasteiger partial charge in [-0.1, -0.05) is 19.1 Å². The highest BCUT2D eigenvalue weighted by molar-refractivity contribution is 5.78. The molecule has 2 N–H and O–H groups in total. The normalized spacial score (nSPS) is 23.0. The monoisotopic (exact) mass is 294 g/mol. The maximum atomic E-state index is 12.8. The number of hydrogen-bond acceptors (Lipinski definition) is 3. The zero-order valence-corrected chi connectivity index (χ0v) is 12.4. The number of hydrogen-bond donors (Lipinski definition) is 2. The lowest BCUT2D eigenvalue weighted by Crippen LogP contribution is -2.50. The van der Waals surface area contributed by atoms with Gasteiger partial charge in [-0.05, 0) is 43.0 Å². The van der Waals surface area contributed by atoms with E-state index in [1.807, 2.05) is 4.90 Å². The average molecular weight is 294 g/mol. The van der Waals surface area contributed by atoms with Gasteiger partial charge in [0.25, 0.3) is 0 Å². The molecular formula is C16H23FN2O2. The van der Waals surface area contributed by atoms with Crippen LogP contribution in [0.2, 0.25) is 0 Å². The fraction of sp³-hybridized carbons (Fsp3) is 0.562. The lowest BCUT2D eigenvalue weighted by Gasteiger charge is -2.38. The molecule has 0 spiro atoms. The van der Waals surface area contributed by atoms with E-state index in [1.165, 1.54) is 12.1 Å². The molecule has 1 aliphatic heterocycles. The van der Waals surface area contributed by atoms with E-state index in [4.69, 9.17) is 0 Å². The number of aliphatic hydroxyl groups excluding tert-OH is 1. The summed E-state index contributed by atoms with van der Waals surface area (Å²) in [5.41, 5.74) is 0.871. The highest BCUT2D eigenvalue weighted by Crippen LogP contribution is 2.22. The largest absolute Gasteiger partial charge is 0.395 e. The van der Waals surface area contributed by atoms with Crippen LogP contribution >= 0.6 is 0 Å². The first-order valence-electron chi connectivity index (χ1n) is 7.46. The van der Waals surface area contributed by atoms with Gasteiger partial charge in [-0.3, -0.25) is 9.69 Å². The van der Waals surface area contributed by atoms with E-state index in [9.17, 15) is 14.3 Å². The molecule has 116 valence electrons. The summed E-state index contributed by atoms with van der Waals surface area (Å²) in [5, 5.41) is 12.3. The van der Waals surface area contributed by atoms with Crippen molar-refractivity contribution < 1.29 is 14.3 Å². The Hall–Kier alpha value is -1.46. The minimum atomic E-state index is -0.279. The molecule has 1 aromatic carbocycles. The summed E-state index contributed by atoms with van der Waals surface area (Å²) < 4.78 is 12.8. The summed E-state index contributed by atoms with van der Waals surface area (Å²) in [6.07, 6.45) is 2.15. The van der Waals surface area contributed by atoms with E-state index < -0.39 is 0 Å². The van der Waals surface area contributed by atoms with Gasteiger partial charge >= 0.3 is 0 Å². The van der Waals surface area contributed by atoms with Gasteiger partial charge in [0.15, 0.2) is 0 Å². The molecule has 4 nitrogen and oxygen atoms in total. The van der Waals surface area contributed by atoms with Gasteiger partial charge in [-0.2, -0.15) is 0 Å². The van der Waals surface area contributed by atoms with Crippen molar-refractivity contribution in [2.24, 2.45) is 5.92 Å². The zero-order valence-electron chi connectivity index (χ0n) is 12.4. The number of benzene rings is 1. The zero-order chi connectivity index (χ0) is 15.2. The van der Waals surface area contributed by atoms with Crippen molar-refractivity contribution >= 4 is 5.91 Å². The molecule has 21 heavy (non-hydrogen) atoms. The Balaban J connectivity index is 1.82. The standard InChI is InChI=1S/C16H23FN2O2/c1-12-3-2-8-19(15(12)11-20)10-16(21)18-9-13-4-6-14(17)7-5-13/h4-7,12,15,20H,2-3,8-11H2,1H3,(H,18,21). The number of rotatable bonds is 5. The first kappa shape index (κ1) is 15.9. The number of carbonyl (C=O) groups is 1. The lowest BCUT2D eigenvalue weighted by atomic mass is 9.91. The van der Waals surface area contributed by atoms with Crippen molar-refractivity contribution in [3.05, 3.63) is 35.6 Å². The second-order valence-corrected chi connectivity index (χ2v) is 5.74. The van der Waals surface area contributed by atoms with Crippen LogP contribution in [0.15, 0.2) is 24.3 Å². The van der Waals surface area contributed by atoms with Crippen molar-refractivity contribution in [1.82, 2.24) is 10.2 Å². The average Bonchev–Trinajstić information content (AvgIpc) is 2.47. The Labute approximate surface area is 125 Å². The van der Waals surface area contributed by atoms with Crippen LogP contribution in [0.1, 0.15) is 25.3 Å². The van der Waals surface area contributed by atoms with Crippen LogP contribution in [0.25, 0.3) is 0 Å². The first-order chi connectivity index (χ1) is 10.1. The van der Waals surface area contributed by atoms with E-state index in [-0.39, 0.29) is 24.4 Å². The van der Waals surface area contributed by atoms with Gasteiger partial charge in [0, 0.05) is 12.6 Å². The Bertz CT molecular complexity index is 464. The number of halogens is 1. The molecule has 1 aromatic rings. The second-order valence-electron chi connectivity index (χ2n) is 5.74. The SMILES string of the molecule is CC1CCCN(CC(=O)NCc2ccc(F)cc2)C1CO. The summed E-state index contributed by atoms with van der Waals surface area (Å²) in [6.45, 7) is 3.75. The van der Waals surface area contributed by atoms with Crippen molar-refractivity contribution in [2.45, 2.75) is 32.4 Å². The Morgan fingerprint density at radius 1 is 1.43 bits per heavy atom. The van der Waals surface area contributed by atoms with Gasteiger partial charge in [-0.25, -0.2) is 4.39 Å². The minimum absolute atomic E-state index is 0.0631. The maximum absolute atomic E-state index is 12.8. The Kier molecular flexibility index (Phi) is 5.70. The Morgan fingerprint density at radius 2 is 2.14 bits per heavy atom. The number of carbonyl (C=O) groups excluding carboxylic acids is 1. The highest BCUT2D eigenvalue weighted by Gasteiger charge is 2.28. The molecule has 1 fully saturated rings. The second kappa shape index (κ2) is 7.52. The van der Waals surface area contributed by atoms with E-state index >= 15 is 0 Å². The van der Waals surface area contributed by atoms with Crippen LogP contribution in [0, 0.1) is 11.7 Å². The van der Waals surface area contributed by atoms with Crippen LogP contribution in [0.3, 0.4) is 0 Å². The first-order valence-corrected chi connectivity index (χ1v) is 7.46. The number of nitrogens with one attached hydrogen (secondary N) is 1.